The summed E-state index contributed by atoms with van der Waals surface area (Å²) in [6, 6.07) is 15.8. The number of benzene rings is 1. The van der Waals surface area contributed by atoms with Gasteiger partial charge in [0.15, 0.2) is 0 Å². The van der Waals surface area contributed by atoms with Crippen molar-refractivity contribution < 1.29 is 9.53 Å². The molecule has 4 heterocycles. The van der Waals surface area contributed by atoms with Crippen LogP contribution in [0.25, 0.3) is 10.9 Å². The Balaban J connectivity index is 1.58. The number of fused-ring (bicyclic) bond motifs is 1. The van der Waals surface area contributed by atoms with Crippen LogP contribution in [0.2, 0.25) is 0 Å². The number of carbonyl (C=O) groups is 1. The summed E-state index contributed by atoms with van der Waals surface area (Å²) in [5, 5.41) is 6.05. The smallest absolute Gasteiger partial charge is 0.265 e. The highest BCUT2D eigenvalue weighted by Crippen LogP contribution is 2.37. The Bertz CT molecular complexity index is 1180. The molecule has 0 saturated carbocycles. The molecule has 6 nitrogen and oxygen atoms in total. The first-order valence-corrected chi connectivity index (χ1v) is 11.3. The number of anilines is 1. The Morgan fingerprint density at radius 2 is 2.06 bits per heavy atom. The number of nitrogens with zero attached hydrogens (tertiary/aromatic N) is 2. The number of nitrogens with one attached hydrogen (secondary N) is 2. The molecule has 4 aromatic rings. The summed E-state index contributed by atoms with van der Waals surface area (Å²) in [6.07, 6.45) is 1.85. The molecule has 0 bridgehead atoms. The van der Waals surface area contributed by atoms with E-state index in [1.807, 2.05) is 48.0 Å². The van der Waals surface area contributed by atoms with Crippen LogP contribution in [0.15, 0.2) is 60.1 Å². The topological polar surface area (TPSA) is 70.2 Å². The third kappa shape index (κ3) is 3.99. The maximum atomic E-state index is 12.6. The Morgan fingerprint density at radius 1 is 1.19 bits per heavy atom. The first-order valence-electron chi connectivity index (χ1n) is 10.4. The second-order valence-electron chi connectivity index (χ2n) is 7.66. The maximum absolute atomic E-state index is 12.6. The second-order valence-corrected chi connectivity index (χ2v) is 8.61. The van der Waals surface area contributed by atoms with Crippen LogP contribution >= 0.6 is 11.3 Å². The first-order chi connectivity index (χ1) is 15.2. The van der Waals surface area contributed by atoms with Gasteiger partial charge in [-0.3, -0.25) is 14.7 Å². The minimum absolute atomic E-state index is 0.0158. The molecule has 2 N–H and O–H groups in total. The lowest BCUT2D eigenvalue weighted by molar-refractivity contribution is 0.0234. The van der Waals surface area contributed by atoms with E-state index in [1.54, 1.807) is 0 Å². The van der Waals surface area contributed by atoms with Gasteiger partial charge in [-0.05, 0) is 48.7 Å². The van der Waals surface area contributed by atoms with E-state index in [4.69, 9.17) is 9.72 Å². The van der Waals surface area contributed by atoms with Crippen molar-refractivity contribution in [1.29, 1.82) is 0 Å². The number of carbonyl (C=O) groups excluding carboxylic acids is 1. The zero-order chi connectivity index (χ0) is 21.2. The highest BCUT2D eigenvalue weighted by Gasteiger charge is 2.29. The van der Waals surface area contributed by atoms with Gasteiger partial charge < -0.3 is 15.0 Å². The van der Waals surface area contributed by atoms with Crippen LogP contribution in [0, 0.1) is 6.92 Å². The van der Waals surface area contributed by atoms with Crippen molar-refractivity contribution in [2.75, 3.05) is 31.6 Å². The molecule has 31 heavy (non-hydrogen) atoms. The minimum Gasteiger partial charge on any atom is -0.379 e. The molecule has 0 radical (unpaired) electrons. The molecule has 158 valence electrons. The number of aromatic amines is 1. The molecule has 1 aliphatic rings. The fourth-order valence-electron chi connectivity index (χ4n) is 4.27. The standard InChI is InChI=1S/C24H24N4O2S/c1-16-22(23(20-5-2-3-9-25-20)28-10-12-30-13-11-28)18-15-17(7-8-19(18)26-16)27-24(29)21-6-4-14-31-21/h2-9,14-15,23,26H,10-13H2,1H3,(H,27,29)/t23-/m0/s1. The number of aromatic nitrogens is 2. The zero-order valence-electron chi connectivity index (χ0n) is 17.3. The van der Waals surface area contributed by atoms with E-state index in [0.717, 1.165) is 41.1 Å². The van der Waals surface area contributed by atoms with Crippen LogP contribution in [-0.4, -0.2) is 47.1 Å². The van der Waals surface area contributed by atoms with E-state index in [1.165, 1.54) is 16.9 Å². The second kappa shape index (κ2) is 8.63. The number of amides is 1. The largest absolute Gasteiger partial charge is 0.379 e. The van der Waals surface area contributed by atoms with Gasteiger partial charge in [-0.15, -0.1) is 11.3 Å². The van der Waals surface area contributed by atoms with Gasteiger partial charge in [0.2, 0.25) is 0 Å². The van der Waals surface area contributed by atoms with Crippen molar-refractivity contribution >= 4 is 33.8 Å². The zero-order valence-corrected chi connectivity index (χ0v) is 18.1. The summed E-state index contributed by atoms with van der Waals surface area (Å²) in [5.41, 5.74) is 5.16. The number of hydrogen-bond acceptors (Lipinski definition) is 5. The minimum atomic E-state index is -0.0855. The first kappa shape index (κ1) is 19.9. The summed E-state index contributed by atoms with van der Waals surface area (Å²) in [5.74, 6) is -0.0855. The van der Waals surface area contributed by atoms with Crippen LogP contribution in [0.5, 0.6) is 0 Å². The lowest BCUT2D eigenvalue weighted by Crippen LogP contribution is -2.40. The number of aryl methyl sites for hydroxylation is 1. The van der Waals surface area contributed by atoms with Gasteiger partial charge in [0, 0.05) is 47.1 Å². The van der Waals surface area contributed by atoms with Crippen LogP contribution < -0.4 is 5.32 Å². The Kier molecular flexibility index (Phi) is 5.55. The van der Waals surface area contributed by atoms with E-state index in [2.05, 4.69) is 34.3 Å². The molecule has 1 amide bonds. The number of H-pyrrole nitrogens is 1. The van der Waals surface area contributed by atoms with Crippen molar-refractivity contribution in [3.05, 3.63) is 81.9 Å². The van der Waals surface area contributed by atoms with Crippen LogP contribution in [-0.2, 0) is 4.74 Å². The number of ether oxygens (including phenoxy) is 1. The average molecular weight is 433 g/mol. The number of rotatable bonds is 5. The van der Waals surface area contributed by atoms with Crippen LogP contribution in [0.3, 0.4) is 0 Å². The molecule has 1 atom stereocenters. The van der Waals surface area contributed by atoms with Gasteiger partial charge >= 0.3 is 0 Å². The van der Waals surface area contributed by atoms with E-state index >= 15 is 0 Å². The van der Waals surface area contributed by atoms with E-state index < -0.39 is 0 Å². The normalized spacial score (nSPS) is 15.8. The van der Waals surface area contributed by atoms with Crippen molar-refractivity contribution in [2.45, 2.75) is 13.0 Å². The molecule has 1 aliphatic heterocycles. The van der Waals surface area contributed by atoms with Crippen molar-refractivity contribution in [3.8, 4) is 0 Å². The van der Waals surface area contributed by atoms with E-state index in [0.29, 0.717) is 18.1 Å². The maximum Gasteiger partial charge on any atom is 0.265 e. The fourth-order valence-corrected chi connectivity index (χ4v) is 4.89. The molecule has 1 aromatic carbocycles. The molecule has 1 saturated heterocycles. The Morgan fingerprint density at radius 3 is 2.81 bits per heavy atom. The Hall–Kier alpha value is -3.00. The summed E-state index contributed by atoms with van der Waals surface area (Å²) in [7, 11) is 0. The quantitative estimate of drug-likeness (QED) is 0.483. The molecule has 3 aromatic heterocycles. The Labute approximate surface area is 184 Å². The molecule has 0 aliphatic carbocycles. The number of thiophene rings is 1. The highest BCUT2D eigenvalue weighted by atomic mass is 32.1. The molecule has 5 rings (SSSR count). The van der Waals surface area contributed by atoms with Gasteiger partial charge in [-0.2, -0.15) is 0 Å². The predicted octanol–water partition coefficient (Wildman–Crippen LogP) is 4.61. The van der Waals surface area contributed by atoms with Crippen molar-refractivity contribution in [2.24, 2.45) is 0 Å². The monoisotopic (exact) mass is 432 g/mol. The predicted molar refractivity (Wildman–Crippen MR) is 124 cm³/mol. The highest BCUT2D eigenvalue weighted by molar-refractivity contribution is 7.12. The van der Waals surface area contributed by atoms with Gasteiger partial charge in [0.1, 0.15) is 0 Å². The molecule has 1 fully saturated rings. The molecular formula is C24H24N4O2S. The lowest BCUT2D eigenvalue weighted by Gasteiger charge is -2.34. The average Bonchev–Trinajstić information content (AvgIpc) is 3.44. The summed E-state index contributed by atoms with van der Waals surface area (Å²) >= 11 is 1.44. The molecule has 0 spiro atoms. The SMILES string of the molecule is Cc1[nH]c2ccc(NC(=O)c3cccs3)cc2c1[C@H](c1ccccn1)N1CCOCC1. The number of pyridine rings is 1. The van der Waals surface area contributed by atoms with Crippen molar-refractivity contribution in [3.63, 3.8) is 0 Å². The van der Waals surface area contributed by atoms with Crippen LogP contribution in [0.1, 0.15) is 32.7 Å². The van der Waals surface area contributed by atoms with Gasteiger partial charge in [0.25, 0.3) is 5.91 Å². The van der Waals surface area contributed by atoms with Crippen molar-refractivity contribution in [1.82, 2.24) is 14.9 Å². The summed E-state index contributed by atoms with van der Waals surface area (Å²) in [6.45, 7) is 5.24. The lowest BCUT2D eigenvalue weighted by atomic mass is 9.97. The van der Waals surface area contributed by atoms with E-state index in [9.17, 15) is 4.79 Å². The van der Waals surface area contributed by atoms with Gasteiger partial charge in [-0.1, -0.05) is 12.1 Å². The third-order valence-electron chi connectivity index (χ3n) is 5.69. The third-order valence-corrected chi connectivity index (χ3v) is 6.56. The van der Waals surface area contributed by atoms with E-state index in [-0.39, 0.29) is 11.9 Å². The van der Waals surface area contributed by atoms with Crippen LogP contribution in [0.4, 0.5) is 5.69 Å². The molecule has 7 heteroatoms. The molecule has 0 unspecified atom stereocenters. The summed E-state index contributed by atoms with van der Waals surface area (Å²) < 4.78 is 5.60. The van der Waals surface area contributed by atoms with Gasteiger partial charge in [0.05, 0.1) is 29.8 Å². The number of morpholine rings is 1. The van der Waals surface area contributed by atoms with Gasteiger partial charge in [-0.25, -0.2) is 0 Å². The number of hydrogen-bond donors (Lipinski definition) is 2. The fraction of sp³-hybridized carbons (Fsp3) is 0.250. The summed E-state index contributed by atoms with van der Waals surface area (Å²) in [4.78, 5) is 23.9. The molecular weight excluding hydrogens is 408 g/mol.